The molecule has 0 unspecified atom stereocenters. The van der Waals surface area contributed by atoms with E-state index in [0.29, 0.717) is 17.8 Å². The molecule has 4 fully saturated rings. The standard InChI is InChI=1S/C35H49NO4/c1-23-20-24(28-12-10-27(38-4)22-32(28)40-23)8-6-5-7-19-39-36-33-14-13-30-29-11-9-25-21-26(37)15-17-34(25,2)31(29)16-18-35(30,33)3/h10,12,20,22,25-26,29-31,37H,1,5-9,11,13-19,21H2,2-4H3/b36-33-/t25-,26+,29-,30-,31-,34-,35-/m0/s1. The maximum atomic E-state index is 10.3. The molecule has 0 spiro atoms. The first kappa shape index (κ1) is 27.9. The molecule has 40 heavy (non-hydrogen) atoms. The van der Waals surface area contributed by atoms with Crippen LogP contribution in [0.15, 0.2) is 41.8 Å². The van der Waals surface area contributed by atoms with Crippen molar-refractivity contribution in [3.8, 4) is 11.5 Å². The number of methoxy groups -OCH3 is 1. The smallest absolute Gasteiger partial charge is 0.138 e. The number of oxime groups is 1. The van der Waals surface area contributed by atoms with Gasteiger partial charge in [-0.3, -0.25) is 0 Å². The van der Waals surface area contributed by atoms with Gasteiger partial charge in [0.1, 0.15) is 23.9 Å². The summed E-state index contributed by atoms with van der Waals surface area (Å²) in [6.45, 7) is 9.78. The summed E-state index contributed by atoms with van der Waals surface area (Å²) in [5, 5.41) is 15.1. The normalized spacial score (nSPS) is 37.5. The Bertz CT molecular complexity index is 1170. The Labute approximate surface area is 241 Å². The molecule has 1 aromatic rings. The van der Waals surface area contributed by atoms with Crippen molar-refractivity contribution >= 4 is 11.3 Å². The van der Waals surface area contributed by atoms with Gasteiger partial charge in [-0.25, -0.2) is 0 Å². The van der Waals surface area contributed by atoms with E-state index in [1.807, 2.05) is 12.1 Å². The average molecular weight is 548 g/mol. The zero-order valence-electron chi connectivity index (χ0n) is 24.9. The largest absolute Gasteiger partial charge is 0.497 e. The van der Waals surface area contributed by atoms with Crippen LogP contribution >= 0.6 is 0 Å². The second kappa shape index (κ2) is 11.2. The van der Waals surface area contributed by atoms with Crippen LogP contribution in [0.25, 0.3) is 5.57 Å². The van der Waals surface area contributed by atoms with E-state index in [2.05, 4.69) is 32.6 Å². The predicted molar refractivity (Wildman–Crippen MR) is 160 cm³/mol. The minimum absolute atomic E-state index is 0.0638. The van der Waals surface area contributed by atoms with Gasteiger partial charge in [0, 0.05) is 17.0 Å². The zero-order valence-corrected chi connectivity index (χ0v) is 24.9. The molecule has 5 aliphatic rings. The maximum Gasteiger partial charge on any atom is 0.138 e. The van der Waals surface area contributed by atoms with Gasteiger partial charge in [-0.05, 0) is 136 Å². The van der Waals surface area contributed by atoms with Crippen LogP contribution in [0, 0.1) is 34.5 Å². The number of aliphatic hydroxyl groups excluding tert-OH is 1. The first-order valence-corrected chi connectivity index (χ1v) is 15.9. The van der Waals surface area contributed by atoms with Crippen molar-refractivity contribution in [3.05, 3.63) is 42.2 Å². The molecular formula is C35H49NO4. The highest BCUT2D eigenvalue weighted by Gasteiger charge is 2.59. The summed E-state index contributed by atoms with van der Waals surface area (Å²) in [5.41, 5.74) is 4.40. The SMILES string of the molecule is C=C1C=C(CCCCCO/N=C2/CC[C@H]3[C@@H]4CC[C@H]5C[C@H](O)CC[C@]5(C)[C@H]4CC[C@]23C)c2ccc(OC)cc2O1. The van der Waals surface area contributed by atoms with E-state index in [1.54, 1.807) is 7.11 Å². The van der Waals surface area contributed by atoms with E-state index >= 15 is 0 Å². The van der Waals surface area contributed by atoms with E-state index in [9.17, 15) is 5.11 Å². The number of ether oxygens (including phenoxy) is 2. The number of nitrogens with zero attached hydrogens (tertiary/aromatic N) is 1. The molecule has 1 heterocycles. The maximum absolute atomic E-state index is 10.3. The Balaban J connectivity index is 0.984. The fourth-order valence-corrected chi connectivity index (χ4v) is 9.59. The van der Waals surface area contributed by atoms with Crippen molar-refractivity contribution in [1.82, 2.24) is 0 Å². The van der Waals surface area contributed by atoms with E-state index in [-0.39, 0.29) is 11.5 Å². The molecule has 1 N–H and O–H groups in total. The van der Waals surface area contributed by atoms with Crippen LogP contribution in [-0.2, 0) is 4.84 Å². The molecule has 4 aliphatic carbocycles. The molecule has 0 amide bonds. The Kier molecular flexibility index (Phi) is 7.80. The van der Waals surface area contributed by atoms with Gasteiger partial charge in [0.2, 0.25) is 0 Å². The van der Waals surface area contributed by atoms with Crippen molar-refractivity contribution in [2.24, 2.45) is 39.7 Å². The van der Waals surface area contributed by atoms with Gasteiger partial charge in [-0.15, -0.1) is 0 Å². The van der Waals surface area contributed by atoms with Crippen LogP contribution in [0.4, 0.5) is 0 Å². The van der Waals surface area contributed by atoms with Crippen LogP contribution in [0.3, 0.4) is 0 Å². The first-order chi connectivity index (χ1) is 19.3. The second-order valence-corrected chi connectivity index (χ2v) is 13.9. The third-order valence-corrected chi connectivity index (χ3v) is 11.8. The molecule has 1 aliphatic heterocycles. The summed E-state index contributed by atoms with van der Waals surface area (Å²) in [5.74, 6) is 5.45. The van der Waals surface area contributed by atoms with Crippen LogP contribution in [-0.4, -0.2) is 30.6 Å². The number of allylic oxidation sites excluding steroid dienone is 2. The van der Waals surface area contributed by atoms with Crippen molar-refractivity contribution < 1.29 is 19.4 Å². The van der Waals surface area contributed by atoms with Crippen LogP contribution in [0.2, 0.25) is 0 Å². The molecule has 4 saturated carbocycles. The quantitative estimate of drug-likeness (QED) is 0.263. The highest BCUT2D eigenvalue weighted by molar-refractivity contribution is 5.92. The summed E-state index contributed by atoms with van der Waals surface area (Å²) in [7, 11) is 1.67. The molecule has 5 nitrogen and oxygen atoms in total. The number of fused-ring (bicyclic) bond motifs is 6. The number of benzene rings is 1. The third-order valence-electron chi connectivity index (χ3n) is 11.8. The Morgan fingerprint density at radius 3 is 2.77 bits per heavy atom. The van der Waals surface area contributed by atoms with Crippen LogP contribution < -0.4 is 9.47 Å². The molecule has 5 heteroatoms. The second-order valence-electron chi connectivity index (χ2n) is 13.9. The third kappa shape index (κ3) is 5.01. The minimum Gasteiger partial charge on any atom is -0.497 e. The number of hydrogen-bond donors (Lipinski definition) is 1. The summed E-state index contributed by atoms with van der Waals surface area (Å²) >= 11 is 0. The fraction of sp³-hybridized carbons (Fsp3) is 0.686. The van der Waals surface area contributed by atoms with Crippen molar-refractivity contribution in [3.63, 3.8) is 0 Å². The molecule has 6 rings (SSSR count). The summed E-state index contributed by atoms with van der Waals surface area (Å²) in [4.78, 5) is 5.97. The van der Waals surface area contributed by atoms with Gasteiger partial charge in [0.15, 0.2) is 0 Å². The molecule has 0 aromatic heterocycles. The van der Waals surface area contributed by atoms with Crippen LogP contribution in [0.1, 0.15) is 103 Å². The Hall–Kier alpha value is -2.27. The van der Waals surface area contributed by atoms with E-state index in [4.69, 9.17) is 19.5 Å². The van der Waals surface area contributed by atoms with Gasteiger partial charge < -0.3 is 19.4 Å². The molecule has 1 aromatic carbocycles. The Morgan fingerprint density at radius 1 is 1.05 bits per heavy atom. The van der Waals surface area contributed by atoms with Crippen molar-refractivity contribution in [2.75, 3.05) is 13.7 Å². The van der Waals surface area contributed by atoms with Crippen molar-refractivity contribution in [1.29, 1.82) is 0 Å². The molecule has 0 saturated heterocycles. The lowest BCUT2D eigenvalue weighted by Gasteiger charge is -2.60. The number of aliphatic hydroxyl groups is 1. The molecule has 218 valence electrons. The van der Waals surface area contributed by atoms with Gasteiger partial charge in [-0.2, -0.15) is 0 Å². The highest BCUT2D eigenvalue weighted by atomic mass is 16.6. The average Bonchev–Trinajstić information content (AvgIpc) is 3.28. The summed E-state index contributed by atoms with van der Waals surface area (Å²) in [6.07, 6.45) is 17.1. The zero-order chi connectivity index (χ0) is 27.9. The van der Waals surface area contributed by atoms with Gasteiger partial charge in [0.05, 0.1) is 18.9 Å². The summed E-state index contributed by atoms with van der Waals surface area (Å²) < 4.78 is 11.2. The van der Waals surface area contributed by atoms with E-state index in [0.717, 1.165) is 85.7 Å². The highest BCUT2D eigenvalue weighted by Crippen LogP contribution is 2.65. The van der Waals surface area contributed by atoms with Gasteiger partial charge in [-0.1, -0.05) is 25.6 Å². The molecular weight excluding hydrogens is 498 g/mol. The lowest BCUT2D eigenvalue weighted by molar-refractivity contribution is -0.114. The van der Waals surface area contributed by atoms with Gasteiger partial charge in [0.25, 0.3) is 0 Å². The van der Waals surface area contributed by atoms with Gasteiger partial charge >= 0.3 is 0 Å². The van der Waals surface area contributed by atoms with E-state index in [1.165, 1.54) is 49.8 Å². The topological polar surface area (TPSA) is 60.3 Å². The van der Waals surface area contributed by atoms with Crippen molar-refractivity contribution in [2.45, 2.75) is 103 Å². The molecule has 7 atom stereocenters. The van der Waals surface area contributed by atoms with Crippen LogP contribution in [0.5, 0.6) is 11.5 Å². The monoisotopic (exact) mass is 547 g/mol. The fourth-order valence-electron chi connectivity index (χ4n) is 9.59. The summed E-state index contributed by atoms with van der Waals surface area (Å²) in [6, 6.07) is 6.01. The molecule has 0 bridgehead atoms. The number of rotatable bonds is 8. The van der Waals surface area contributed by atoms with E-state index < -0.39 is 0 Å². The predicted octanol–water partition coefficient (Wildman–Crippen LogP) is 8.32. The lowest BCUT2D eigenvalue weighted by atomic mass is 9.45. The minimum atomic E-state index is -0.0638. The number of hydrogen-bond acceptors (Lipinski definition) is 5. The first-order valence-electron chi connectivity index (χ1n) is 15.9. The molecule has 0 radical (unpaired) electrons. The number of unbranched alkanes of at least 4 members (excludes halogenated alkanes) is 2. The lowest BCUT2D eigenvalue weighted by Crippen LogP contribution is -2.54. The Morgan fingerprint density at radius 2 is 1.93 bits per heavy atom.